The third-order valence-electron chi connectivity index (χ3n) is 4.41. The van der Waals surface area contributed by atoms with Crippen LogP contribution in [0.4, 0.5) is 24.5 Å². The molecule has 0 aromatic heterocycles. The van der Waals surface area contributed by atoms with Crippen LogP contribution in [0.25, 0.3) is 0 Å². The van der Waals surface area contributed by atoms with Crippen molar-refractivity contribution in [3.05, 3.63) is 47.3 Å². The van der Waals surface area contributed by atoms with E-state index >= 15 is 0 Å². The minimum atomic E-state index is -4.26. The summed E-state index contributed by atoms with van der Waals surface area (Å²) in [6.45, 7) is -0.578. The van der Waals surface area contributed by atoms with Crippen LogP contribution in [-0.4, -0.2) is 35.5 Å². The molecular formula is C19H9F3N2O5. The number of imide groups is 1. The number of rotatable bonds is 2. The lowest BCUT2D eigenvalue weighted by atomic mass is 10.1. The number of fused-ring (bicyclic) bond motifs is 2. The van der Waals surface area contributed by atoms with Gasteiger partial charge in [0.2, 0.25) is 0 Å². The number of carbonyl (C=O) groups is 3. The Balaban J connectivity index is 1.86. The molecule has 0 saturated carbocycles. The second-order valence-electron chi connectivity index (χ2n) is 6.16. The molecule has 2 aromatic carbocycles. The Kier molecular flexibility index (Phi) is 3.80. The van der Waals surface area contributed by atoms with E-state index in [1.165, 1.54) is 12.1 Å². The van der Waals surface area contributed by atoms with Gasteiger partial charge < -0.3 is 9.84 Å². The van der Waals surface area contributed by atoms with Crippen molar-refractivity contribution in [1.82, 2.24) is 0 Å². The highest BCUT2D eigenvalue weighted by atomic mass is 19.3. The van der Waals surface area contributed by atoms with Crippen LogP contribution in [0.2, 0.25) is 0 Å². The van der Waals surface area contributed by atoms with Crippen molar-refractivity contribution in [2.75, 3.05) is 16.3 Å². The topological polar surface area (TPSA) is 87.2 Å². The van der Waals surface area contributed by atoms with E-state index in [4.69, 9.17) is 6.42 Å². The van der Waals surface area contributed by atoms with Gasteiger partial charge in [-0.25, -0.2) is 9.29 Å². The molecule has 2 heterocycles. The third kappa shape index (κ3) is 2.59. The molecule has 0 unspecified atom stereocenters. The Hall–Kier alpha value is -4.00. The number of carbonyl (C=O) groups excluding carboxylic acids is 3. The Labute approximate surface area is 160 Å². The Morgan fingerprint density at radius 2 is 1.76 bits per heavy atom. The van der Waals surface area contributed by atoms with Crippen molar-refractivity contribution in [2.45, 2.75) is 6.11 Å². The number of aromatic hydroxyl groups is 1. The number of amides is 3. The summed E-state index contributed by atoms with van der Waals surface area (Å²) in [6.07, 6.45) is 0.868. The van der Waals surface area contributed by atoms with Crippen molar-refractivity contribution in [3.63, 3.8) is 0 Å². The molecule has 0 radical (unpaired) electrons. The number of hydrogen-bond donors (Lipinski definition) is 1. The lowest BCUT2D eigenvalue weighted by Crippen LogP contribution is -2.51. The molecule has 4 rings (SSSR count). The van der Waals surface area contributed by atoms with Crippen LogP contribution < -0.4 is 14.5 Å². The second-order valence-corrected chi connectivity index (χ2v) is 6.16. The maximum absolute atomic E-state index is 14.7. The van der Waals surface area contributed by atoms with Gasteiger partial charge in [0, 0.05) is 6.07 Å². The first-order chi connectivity index (χ1) is 13.7. The van der Waals surface area contributed by atoms with Crippen molar-refractivity contribution in [1.29, 1.82) is 0 Å². The largest absolute Gasteiger partial charge is 0.508 e. The summed E-state index contributed by atoms with van der Waals surface area (Å²) in [5.74, 6) is -3.73. The maximum Gasteiger partial charge on any atom is 0.483 e. The molecule has 2 aliphatic rings. The number of phenols is 1. The number of anilines is 2. The highest BCUT2D eigenvalue weighted by Crippen LogP contribution is 2.44. The van der Waals surface area contributed by atoms with Crippen LogP contribution in [0.15, 0.2) is 30.3 Å². The van der Waals surface area contributed by atoms with Gasteiger partial charge >= 0.3 is 12.0 Å². The first kappa shape index (κ1) is 18.4. The smallest absolute Gasteiger partial charge is 0.483 e. The van der Waals surface area contributed by atoms with E-state index in [0.29, 0.717) is 15.9 Å². The quantitative estimate of drug-likeness (QED) is 0.615. The molecule has 0 saturated heterocycles. The Morgan fingerprint density at radius 3 is 2.45 bits per heavy atom. The molecule has 0 bridgehead atoms. The minimum absolute atomic E-state index is 0.0794. The van der Waals surface area contributed by atoms with E-state index in [2.05, 4.69) is 4.74 Å². The first-order valence-electron chi connectivity index (χ1n) is 8.03. The predicted molar refractivity (Wildman–Crippen MR) is 92.4 cm³/mol. The molecule has 1 N–H and O–H groups in total. The molecule has 3 amide bonds. The molecule has 0 atom stereocenters. The molecule has 29 heavy (non-hydrogen) atoms. The molecule has 2 aliphatic heterocycles. The average molecular weight is 402 g/mol. The zero-order valence-electron chi connectivity index (χ0n) is 14.3. The zero-order chi connectivity index (χ0) is 21.1. The summed E-state index contributed by atoms with van der Waals surface area (Å²) in [7, 11) is 0. The fourth-order valence-corrected chi connectivity index (χ4v) is 3.14. The number of alkyl halides is 2. The Morgan fingerprint density at radius 1 is 1.07 bits per heavy atom. The number of ether oxygens (including phenoxy) is 1. The fraction of sp³-hybridized carbons (Fsp3) is 0.105. The van der Waals surface area contributed by atoms with Gasteiger partial charge in [-0.15, -0.1) is 6.42 Å². The van der Waals surface area contributed by atoms with Gasteiger partial charge in [0.25, 0.3) is 11.8 Å². The molecular weight excluding hydrogens is 393 g/mol. The monoisotopic (exact) mass is 402 g/mol. The van der Waals surface area contributed by atoms with Crippen LogP contribution in [-0.2, 0) is 4.79 Å². The van der Waals surface area contributed by atoms with E-state index in [1.54, 1.807) is 0 Å². The van der Waals surface area contributed by atoms with Gasteiger partial charge in [-0.3, -0.25) is 19.3 Å². The normalized spacial score (nSPS) is 17.0. The molecule has 146 valence electrons. The molecule has 7 nitrogen and oxygen atoms in total. The van der Waals surface area contributed by atoms with Crippen LogP contribution in [0, 0.1) is 18.2 Å². The summed E-state index contributed by atoms with van der Waals surface area (Å²) in [5, 5.41) is 9.54. The SMILES string of the molecule is C#CCN1C(=O)C(F)(F)Oc2cc(F)c(N3C(=O)c4ccc(O)cc4C3=O)cc21. The summed E-state index contributed by atoms with van der Waals surface area (Å²) < 4.78 is 46.5. The van der Waals surface area contributed by atoms with E-state index in [1.807, 2.05) is 5.92 Å². The van der Waals surface area contributed by atoms with Gasteiger partial charge in [-0.1, -0.05) is 5.92 Å². The lowest BCUT2D eigenvalue weighted by Gasteiger charge is -2.33. The van der Waals surface area contributed by atoms with Crippen molar-refractivity contribution < 1.29 is 37.4 Å². The van der Waals surface area contributed by atoms with E-state index in [9.17, 15) is 32.7 Å². The van der Waals surface area contributed by atoms with Gasteiger partial charge in [0.05, 0.1) is 29.0 Å². The molecule has 0 spiro atoms. The molecule has 10 heteroatoms. The first-order valence-corrected chi connectivity index (χ1v) is 8.03. The molecule has 0 aliphatic carbocycles. The summed E-state index contributed by atoms with van der Waals surface area (Å²) in [4.78, 5) is 38.1. The van der Waals surface area contributed by atoms with Crippen LogP contribution in [0.3, 0.4) is 0 Å². The molecule has 2 aromatic rings. The highest BCUT2D eigenvalue weighted by molar-refractivity contribution is 6.34. The molecule has 0 fully saturated rings. The number of phenolic OH excluding ortho intramolecular Hbond substituents is 1. The summed E-state index contributed by atoms with van der Waals surface area (Å²) in [6, 6.07) is 4.81. The van der Waals surface area contributed by atoms with Crippen LogP contribution >= 0.6 is 0 Å². The summed E-state index contributed by atoms with van der Waals surface area (Å²) >= 11 is 0. The fourth-order valence-electron chi connectivity index (χ4n) is 3.14. The van der Waals surface area contributed by atoms with Crippen molar-refractivity contribution >= 4 is 29.1 Å². The standard InChI is InChI=1S/C19H9F3N2O5/c1-2-5-23-14-8-13(12(20)7-15(14)29-19(21,22)18(23)28)24-16(26)10-4-3-9(25)6-11(10)17(24)27/h1,3-4,6-8,25H,5H2. The van der Waals surface area contributed by atoms with Gasteiger partial charge in [0.1, 0.15) is 5.75 Å². The van der Waals surface area contributed by atoms with Gasteiger partial charge in [0.15, 0.2) is 11.6 Å². The van der Waals surface area contributed by atoms with Gasteiger partial charge in [-0.2, -0.15) is 8.78 Å². The third-order valence-corrected chi connectivity index (χ3v) is 4.41. The predicted octanol–water partition coefficient (Wildman–Crippen LogP) is 2.28. The lowest BCUT2D eigenvalue weighted by molar-refractivity contribution is -0.192. The van der Waals surface area contributed by atoms with E-state index in [-0.39, 0.29) is 22.6 Å². The number of terminal acetylenes is 1. The van der Waals surface area contributed by atoms with E-state index in [0.717, 1.165) is 12.1 Å². The number of benzene rings is 2. The van der Waals surface area contributed by atoms with Gasteiger partial charge in [-0.05, 0) is 24.3 Å². The minimum Gasteiger partial charge on any atom is -0.508 e. The maximum atomic E-state index is 14.7. The Bertz CT molecular complexity index is 1160. The highest BCUT2D eigenvalue weighted by Gasteiger charge is 2.51. The summed E-state index contributed by atoms with van der Waals surface area (Å²) in [5.41, 5.74) is -1.15. The van der Waals surface area contributed by atoms with Crippen molar-refractivity contribution in [3.8, 4) is 23.8 Å². The van der Waals surface area contributed by atoms with E-state index < -0.39 is 47.6 Å². The second kappa shape index (κ2) is 6.00. The number of nitrogens with zero attached hydrogens (tertiary/aromatic N) is 2. The number of hydrogen-bond acceptors (Lipinski definition) is 5. The zero-order valence-corrected chi connectivity index (χ0v) is 14.3. The van der Waals surface area contributed by atoms with Crippen LogP contribution in [0.1, 0.15) is 20.7 Å². The average Bonchev–Trinajstić information content (AvgIpc) is 2.89. The number of halogens is 3. The van der Waals surface area contributed by atoms with Crippen molar-refractivity contribution in [2.24, 2.45) is 0 Å². The van der Waals surface area contributed by atoms with Crippen LogP contribution in [0.5, 0.6) is 11.5 Å².